The Bertz CT molecular complexity index is 4580. The van der Waals surface area contributed by atoms with Gasteiger partial charge >= 0.3 is 12.4 Å². The zero-order chi connectivity index (χ0) is 66.0. The quantitative estimate of drug-likeness (QED) is 0.0490. The van der Waals surface area contributed by atoms with Crippen LogP contribution in [0.25, 0.3) is 71.7 Å². The maximum atomic E-state index is 15.0. The van der Waals surface area contributed by atoms with E-state index in [4.69, 9.17) is 46.0 Å². The van der Waals surface area contributed by atoms with Gasteiger partial charge in [0.1, 0.15) is 17.3 Å². The van der Waals surface area contributed by atoms with Crippen molar-refractivity contribution in [3.63, 3.8) is 0 Å². The van der Waals surface area contributed by atoms with Gasteiger partial charge in [-0.2, -0.15) is 26.3 Å². The molecule has 0 fully saturated rings. The number of nitrogens with zero attached hydrogens (tertiary/aromatic N) is 9. The minimum atomic E-state index is -5.02. The number of ether oxygens (including phenoxy) is 2. The van der Waals surface area contributed by atoms with Gasteiger partial charge < -0.3 is 18.6 Å². The van der Waals surface area contributed by atoms with Gasteiger partial charge in [0.15, 0.2) is 6.29 Å². The van der Waals surface area contributed by atoms with Crippen molar-refractivity contribution in [2.75, 3.05) is 0 Å². The number of thiophene rings is 2. The minimum absolute atomic E-state index is 0. The summed E-state index contributed by atoms with van der Waals surface area (Å²) in [5, 5.41) is 19.5. The summed E-state index contributed by atoms with van der Waals surface area (Å²) in [6.07, 6.45) is 1.78. The van der Waals surface area contributed by atoms with Crippen LogP contribution in [0.3, 0.4) is 0 Å². The lowest BCUT2D eigenvalue weighted by molar-refractivity contribution is -0.250. The second kappa shape index (κ2) is 31.0. The van der Waals surface area contributed by atoms with Crippen molar-refractivity contribution < 1.29 is 45.3 Å². The van der Waals surface area contributed by atoms with Crippen molar-refractivity contribution in [1.29, 1.82) is 10.5 Å². The van der Waals surface area contributed by atoms with Crippen LogP contribution in [-0.2, 0) is 33.8 Å². The minimum Gasteiger partial charge on any atom is -0.491 e. The second-order valence-corrected chi connectivity index (χ2v) is 24.1. The van der Waals surface area contributed by atoms with Gasteiger partial charge in [-0.05, 0) is 128 Å². The van der Waals surface area contributed by atoms with Crippen molar-refractivity contribution >= 4 is 81.3 Å². The average molecular weight is 1310 g/mol. The molecule has 0 saturated carbocycles. The van der Waals surface area contributed by atoms with Crippen molar-refractivity contribution in [3.05, 3.63) is 278 Å². The van der Waals surface area contributed by atoms with E-state index in [9.17, 15) is 23.2 Å². The molecule has 0 aliphatic carbocycles. The summed E-state index contributed by atoms with van der Waals surface area (Å²) in [6, 6.07) is 39.2. The fraction of sp³-hybridized carbons (Fsp3) is 0.233. The number of hydrogen-bond acceptors (Lipinski definition) is 8. The average Bonchev–Trinajstić information content (AvgIpc) is 1.55. The number of alkyl halides is 6. The Hall–Kier alpha value is -10.8. The number of nitriles is 2. The Balaban J connectivity index is 0.000000276. The summed E-state index contributed by atoms with van der Waals surface area (Å²) in [6.45, 7) is 44.9. The summed E-state index contributed by atoms with van der Waals surface area (Å²) in [5.74, 6) is 0.639. The van der Waals surface area contributed by atoms with Crippen molar-refractivity contribution in [3.8, 4) is 12.1 Å². The summed E-state index contributed by atoms with van der Waals surface area (Å²) in [7, 11) is 0. The summed E-state index contributed by atoms with van der Waals surface area (Å²) < 4.78 is 102. The number of aryl methyl sites for hydroxylation is 2. The Morgan fingerprint density at radius 3 is 1.54 bits per heavy atom. The van der Waals surface area contributed by atoms with Gasteiger partial charge in [0.25, 0.3) is 11.4 Å². The van der Waals surface area contributed by atoms with E-state index in [1.807, 2.05) is 42.5 Å². The molecule has 4 aromatic heterocycles. The van der Waals surface area contributed by atoms with E-state index >= 15 is 13.2 Å². The molecule has 0 radical (unpaired) electrons. The van der Waals surface area contributed by atoms with E-state index in [0.29, 0.717) is 16.7 Å². The molecular formula is C73H64F7N9O3S2. The predicted octanol–water partition coefficient (Wildman–Crippen LogP) is 21.0. The highest BCUT2D eigenvalue weighted by atomic mass is 32.1. The molecule has 0 amide bonds. The molecule has 8 aromatic rings. The molecule has 21 heteroatoms. The number of rotatable bonds is 13. The highest BCUT2D eigenvalue weighted by Crippen LogP contribution is 2.57. The van der Waals surface area contributed by atoms with E-state index in [1.54, 1.807) is 24.3 Å². The van der Waals surface area contributed by atoms with Gasteiger partial charge in [-0.15, -0.1) is 22.7 Å². The van der Waals surface area contributed by atoms with Gasteiger partial charge in [0.2, 0.25) is 22.6 Å². The molecule has 10 rings (SSSR count). The fourth-order valence-electron chi connectivity index (χ4n) is 10.4. The first-order valence-corrected chi connectivity index (χ1v) is 29.7. The predicted molar refractivity (Wildman–Crippen MR) is 360 cm³/mol. The molecule has 480 valence electrons. The van der Waals surface area contributed by atoms with Crippen LogP contribution in [0.15, 0.2) is 179 Å². The van der Waals surface area contributed by atoms with E-state index in [2.05, 4.69) is 113 Å². The SMILES string of the molecule is C.C.Cc1ccc2nc(/C=C/c3ccc(C=O)s3)n(CC(C)C)c2c1.F.[C-]#[N+]C1=C(/C=C/c2ccc(/C=C/c3cc4ccc(C)cc4n3CC(C)C)s2)C(c2ccccc2)(C(F)(F)F)O/C1=C(\C#N)[N+]#[C-].[C-]#[N+]C1=C(C)C(c2ccccc2)(C(F)(F)F)O/C1=C(\C#N)[N+]#[C-]. The van der Waals surface area contributed by atoms with Crippen LogP contribution in [0.5, 0.6) is 0 Å². The van der Waals surface area contributed by atoms with Gasteiger partial charge in [-0.1, -0.05) is 127 Å². The molecule has 2 aliphatic heterocycles. The topological polar surface area (TPSA) is 123 Å². The molecular weight excluding hydrogens is 1250 g/mol. The largest absolute Gasteiger partial charge is 0.491 e. The molecule has 0 bridgehead atoms. The third-order valence-corrected chi connectivity index (χ3v) is 16.5. The zero-order valence-electron chi connectivity index (χ0n) is 50.5. The monoisotopic (exact) mass is 1310 g/mol. The maximum Gasteiger partial charge on any atom is 0.435 e. The number of carbonyl (C=O) groups excluding carboxylic acids is 1. The van der Waals surface area contributed by atoms with Gasteiger partial charge in [0, 0.05) is 61.0 Å². The number of hydrogen-bond donors (Lipinski definition) is 0. The highest BCUT2D eigenvalue weighted by Gasteiger charge is 2.65. The standard InChI is InChI=1S/C36H27F3N4OS.C19H20N2OS.C16H8F3N3O.2CH4.FH/c1-23(2)22-43-27(20-25-12-11-24(3)19-32(25)43)13-14-28-15-16-29(45-28)17-18-30-33(42-5)34(31(21-40)41-4)44-35(30,36(37,38)39)26-9-7-6-8-10-26;1-13(2)11-21-18-10-14(3)4-8-17(18)20-19(21)9-7-15-5-6-16(12-22)23-15;1-10-13(22-3)14(12(9-20)21-2)23-15(10,16(17,18)19)11-7-5-4-6-8-11;;;/h6-20,23H,22H2,1-3H3;4-10,12-13H,11H2,1-3H3;4-8H,1H3;2*1H4;1H/b14-13+,18-17+,34-31+;9-7+;14-12+;;;. The lowest BCUT2D eigenvalue weighted by atomic mass is 9.85. The van der Waals surface area contributed by atoms with E-state index < -0.39 is 69.0 Å². The van der Waals surface area contributed by atoms with Crippen molar-refractivity contribution in [2.45, 2.75) is 100.0 Å². The number of halogens is 7. The molecule has 4 aromatic carbocycles. The molecule has 2 atom stereocenters. The number of aromatic nitrogens is 3. The van der Waals surface area contributed by atoms with Crippen LogP contribution >= 0.6 is 22.7 Å². The molecule has 0 saturated heterocycles. The molecule has 2 unspecified atom stereocenters. The van der Waals surface area contributed by atoms with E-state index in [0.717, 1.165) is 63.4 Å². The van der Waals surface area contributed by atoms with Crippen LogP contribution in [0.1, 0.15) is 108 Å². The van der Waals surface area contributed by atoms with Gasteiger partial charge in [-0.3, -0.25) is 9.50 Å². The summed E-state index contributed by atoms with van der Waals surface area (Å²) in [5.41, 5.74) is -2.86. The zero-order valence-corrected chi connectivity index (χ0v) is 52.1. The van der Waals surface area contributed by atoms with Gasteiger partial charge in [0.05, 0.1) is 54.3 Å². The van der Waals surface area contributed by atoms with Crippen LogP contribution in [-0.4, -0.2) is 32.8 Å². The molecule has 0 N–H and O–H groups in total. The Morgan fingerprint density at radius 1 is 0.596 bits per heavy atom. The highest BCUT2D eigenvalue weighted by molar-refractivity contribution is 7.14. The third kappa shape index (κ3) is 15.1. The molecule has 12 nitrogen and oxygen atoms in total. The van der Waals surface area contributed by atoms with Crippen LogP contribution < -0.4 is 0 Å². The molecule has 6 heterocycles. The number of carbonyl (C=O) groups is 1. The Morgan fingerprint density at radius 2 is 1.05 bits per heavy atom. The Kier molecular flexibility index (Phi) is 24.4. The maximum absolute atomic E-state index is 15.0. The summed E-state index contributed by atoms with van der Waals surface area (Å²) in [4.78, 5) is 31.2. The van der Waals surface area contributed by atoms with Crippen LogP contribution in [0.4, 0.5) is 31.0 Å². The number of fused-ring (bicyclic) bond motifs is 2. The smallest absolute Gasteiger partial charge is 0.435 e. The third-order valence-electron chi connectivity index (χ3n) is 14.5. The number of imidazole rings is 1. The van der Waals surface area contributed by atoms with E-state index in [1.165, 1.54) is 112 Å². The number of benzene rings is 4. The molecule has 0 spiro atoms. The molecule has 94 heavy (non-hydrogen) atoms. The fourth-order valence-corrected chi connectivity index (χ4v) is 12.0. The Labute approximate surface area is 550 Å². The summed E-state index contributed by atoms with van der Waals surface area (Å²) >= 11 is 2.86. The lowest BCUT2D eigenvalue weighted by Gasteiger charge is -2.34. The normalized spacial score (nSPS) is 17.1. The van der Waals surface area contributed by atoms with Crippen molar-refractivity contribution in [1.82, 2.24) is 14.1 Å². The number of allylic oxidation sites excluding steroid dienone is 2. The van der Waals surface area contributed by atoms with Crippen LogP contribution in [0.2, 0.25) is 0 Å². The van der Waals surface area contributed by atoms with Crippen LogP contribution in [0, 0.1) is 74.6 Å². The first-order chi connectivity index (χ1) is 43.4. The second-order valence-electron chi connectivity index (χ2n) is 21.8. The lowest BCUT2D eigenvalue weighted by Crippen LogP contribution is -2.43. The van der Waals surface area contributed by atoms with Gasteiger partial charge in [-0.25, -0.2) is 34.9 Å². The molecule has 2 aliphatic rings. The number of aldehydes is 1. The van der Waals surface area contributed by atoms with Crippen molar-refractivity contribution in [2.24, 2.45) is 11.8 Å². The first kappa shape index (κ1) is 73.9. The first-order valence-electron chi connectivity index (χ1n) is 28.1. The van der Waals surface area contributed by atoms with E-state index in [-0.39, 0.29) is 30.7 Å².